The molecule has 1 saturated carbocycles. The largest absolute Gasteiger partial charge is 0.465 e. The summed E-state index contributed by atoms with van der Waals surface area (Å²) >= 11 is 0. The summed E-state index contributed by atoms with van der Waals surface area (Å²) in [7, 11) is 1.67. The molecule has 0 aliphatic heterocycles. The molecule has 18 heavy (non-hydrogen) atoms. The average molecular weight is 257 g/mol. The summed E-state index contributed by atoms with van der Waals surface area (Å²) < 4.78 is 10.3. The van der Waals surface area contributed by atoms with Crippen LogP contribution in [0, 0.1) is 11.8 Å². The van der Waals surface area contributed by atoms with Crippen molar-refractivity contribution in [1.82, 2.24) is 5.32 Å². The highest BCUT2D eigenvalue weighted by Crippen LogP contribution is 2.37. The highest BCUT2D eigenvalue weighted by Gasteiger charge is 2.47. The number of hydrogen-bond acceptors (Lipinski definition) is 4. The summed E-state index contributed by atoms with van der Waals surface area (Å²) in [4.78, 5) is 12.3. The second-order valence-corrected chi connectivity index (χ2v) is 5.39. The van der Waals surface area contributed by atoms with Crippen LogP contribution in [0.4, 0.5) is 0 Å². The summed E-state index contributed by atoms with van der Waals surface area (Å²) in [6.45, 7) is 8.00. The smallest absolute Gasteiger partial charge is 0.326 e. The van der Waals surface area contributed by atoms with Crippen molar-refractivity contribution < 1.29 is 14.3 Å². The maximum absolute atomic E-state index is 12.3. The molecule has 1 fully saturated rings. The lowest BCUT2D eigenvalue weighted by Crippen LogP contribution is -2.60. The zero-order valence-corrected chi connectivity index (χ0v) is 12.1. The number of carbonyl (C=O) groups excluding carboxylic acids is 1. The van der Waals surface area contributed by atoms with E-state index in [1.54, 1.807) is 7.11 Å². The fourth-order valence-electron chi connectivity index (χ4n) is 2.92. The lowest BCUT2D eigenvalue weighted by molar-refractivity contribution is -0.156. The van der Waals surface area contributed by atoms with Crippen LogP contribution in [0.1, 0.15) is 40.0 Å². The Bertz CT molecular complexity index is 270. The van der Waals surface area contributed by atoms with Gasteiger partial charge in [-0.05, 0) is 38.0 Å². The van der Waals surface area contributed by atoms with E-state index >= 15 is 0 Å². The zero-order chi connectivity index (χ0) is 13.6. The molecule has 0 aromatic heterocycles. The molecule has 0 saturated heterocycles. The third kappa shape index (κ3) is 3.45. The van der Waals surface area contributed by atoms with Crippen LogP contribution < -0.4 is 5.32 Å². The minimum atomic E-state index is -0.513. The van der Waals surface area contributed by atoms with Gasteiger partial charge in [0.1, 0.15) is 5.54 Å². The number of nitrogens with one attached hydrogen (secondary N) is 1. The summed E-state index contributed by atoms with van der Waals surface area (Å²) in [6, 6.07) is 0. The van der Waals surface area contributed by atoms with E-state index in [0.29, 0.717) is 31.6 Å². The van der Waals surface area contributed by atoms with Gasteiger partial charge in [0.25, 0.3) is 0 Å². The number of rotatable bonds is 6. The highest BCUT2D eigenvalue weighted by molar-refractivity contribution is 5.81. The molecule has 0 aromatic carbocycles. The van der Waals surface area contributed by atoms with E-state index in [1.807, 2.05) is 6.92 Å². The van der Waals surface area contributed by atoms with Gasteiger partial charge in [0.05, 0.1) is 13.2 Å². The summed E-state index contributed by atoms with van der Waals surface area (Å²) in [6.07, 6.45) is 3.00. The van der Waals surface area contributed by atoms with E-state index in [0.717, 1.165) is 19.3 Å². The van der Waals surface area contributed by atoms with Gasteiger partial charge in [-0.25, -0.2) is 0 Å². The minimum absolute atomic E-state index is 0.0968. The van der Waals surface area contributed by atoms with Crippen molar-refractivity contribution in [2.45, 2.75) is 45.6 Å². The van der Waals surface area contributed by atoms with E-state index < -0.39 is 5.54 Å². The van der Waals surface area contributed by atoms with E-state index in [9.17, 15) is 4.79 Å². The van der Waals surface area contributed by atoms with Crippen molar-refractivity contribution in [3.8, 4) is 0 Å². The van der Waals surface area contributed by atoms with Gasteiger partial charge in [0, 0.05) is 13.7 Å². The van der Waals surface area contributed by atoms with Crippen LogP contribution in [-0.2, 0) is 14.3 Å². The normalized spacial score (nSPS) is 32.2. The van der Waals surface area contributed by atoms with Gasteiger partial charge >= 0.3 is 5.97 Å². The molecule has 0 heterocycles. The standard InChI is InChI=1S/C14H27NO3/c1-5-18-13(16)14(15-8-9-17-4)7-6-11(2)10-12(14)3/h11-12,15H,5-10H2,1-4H3. The van der Waals surface area contributed by atoms with Gasteiger partial charge in [0.2, 0.25) is 0 Å². The molecule has 1 rings (SSSR count). The Morgan fingerprint density at radius 2 is 2.17 bits per heavy atom. The second kappa shape index (κ2) is 7.10. The maximum Gasteiger partial charge on any atom is 0.326 e. The molecule has 1 aliphatic carbocycles. The Hall–Kier alpha value is -0.610. The average Bonchev–Trinajstić information content (AvgIpc) is 2.33. The van der Waals surface area contributed by atoms with Crippen LogP contribution in [-0.4, -0.2) is 38.4 Å². The van der Waals surface area contributed by atoms with E-state index in [2.05, 4.69) is 19.2 Å². The lowest BCUT2D eigenvalue weighted by atomic mass is 9.70. The minimum Gasteiger partial charge on any atom is -0.465 e. The van der Waals surface area contributed by atoms with Gasteiger partial charge in [-0.3, -0.25) is 10.1 Å². The molecule has 0 bridgehead atoms. The van der Waals surface area contributed by atoms with Gasteiger partial charge < -0.3 is 9.47 Å². The first kappa shape index (κ1) is 15.4. The zero-order valence-electron chi connectivity index (χ0n) is 12.1. The molecule has 1 N–H and O–H groups in total. The molecular weight excluding hydrogens is 230 g/mol. The molecule has 3 atom stereocenters. The summed E-state index contributed by atoms with van der Waals surface area (Å²) in [5, 5.41) is 3.39. The topological polar surface area (TPSA) is 47.6 Å². The van der Waals surface area contributed by atoms with Crippen molar-refractivity contribution >= 4 is 5.97 Å². The Balaban J connectivity index is 2.76. The van der Waals surface area contributed by atoms with Gasteiger partial charge in [-0.15, -0.1) is 0 Å². The molecule has 3 unspecified atom stereocenters. The van der Waals surface area contributed by atoms with Crippen LogP contribution in [0.25, 0.3) is 0 Å². The molecule has 0 aromatic rings. The number of esters is 1. The van der Waals surface area contributed by atoms with E-state index in [-0.39, 0.29) is 5.97 Å². The Morgan fingerprint density at radius 3 is 2.72 bits per heavy atom. The third-order valence-electron chi connectivity index (χ3n) is 4.01. The highest BCUT2D eigenvalue weighted by atomic mass is 16.5. The molecule has 1 aliphatic rings. The SMILES string of the molecule is CCOC(=O)C1(NCCOC)CCC(C)CC1C. The van der Waals surface area contributed by atoms with Gasteiger partial charge in [-0.2, -0.15) is 0 Å². The van der Waals surface area contributed by atoms with Crippen LogP contribution in [0.2, 0.25) is 0 Å². The van der Waals surface area contributed by atoms with Crippen molar-refractivity contribution in [2.75, 3.05) is 26.9 Å². The Labute approximate surface area is 110 Å². The van der Waals surface area contributed by atoms with Crippen LogP contribution in [0.3, 0.4) is 0 Å². The van der Waals surface area contributed by atoms with Crippen molar-refractivity contribution in [2.24, 2.45) is 11.8 Å². The number of ether oxygens (including phenoxy) is 2. The third-order valence-corrected chi connectivity index (χ3v) is 4.01. The second-order valence-electron chi connectivity index (χ2n) is 5.39. The number of methoxy groups -OCH3 is 1. The predicted molar refractivity (Wildman–Crippen MR) is 71.4 cm³/mol. The lowest BCUT2D eigenvalue weighted by Gasteiger charge is -2.43. The van der Waals surface area contributed by atoms with Gasteiger partial charge in [0.15, 0.2) is 0 Å². The van der Waals surface area contributed by atoms with Crippen LogP contribution in [0.15, 0.2) is 0 Å². The fraction of sp³-hybridized carbons (Fsp3) is 0.929. The Morgan fingerprint density at radius 1 is 1.44 bits per heavy atom. The molecule has 0 radical (unpaired) electrons. The first-order chi connectivity index (χ1) is 8.56. The molecule has 0 spiro atoms. The van der Waals surface area contributed by atoms with E-state index in [1.165, 1.54) is 0 Å². The van der Waals surface area contributed by atoms with Crippen molar-refractivity contribution in [1.29, 1.82) is 0 Å². The van der Waals surface area contributed by atoms with Crippen LogP contribution in [0.5, 0.6) is 0 Å². The molecular formula is C14H27NO3. The fourth-order valence-corrected chi connectivity index (χ4v) is 2.92. The molecule has 0 amide bonds. The predicted octanol–water partition coefficient (Wildman–Crippen LogP) is 1.98. The Kier molecular flexibility index (Phi) is 6.09. The quantitative estimate of drug-likeness (QED) is 0.584. The molecule has 106 valence electrons. The van der Waals surface area contributed by atoms with Crippen molar-refractivity contribution in [3.05, 3.63) is 0 Å². The number of hydrogen-bond donors (Lipinski definition) is 1. The van der Waals surface area contributed by atoms with Gasteiger partial charge in [-0.1, -0.05) is 13.8 Å². The first-order valence-corrected chi connectivity index (χ1v) is 6.98. The number of carbonyl (C=O) groups is 1. The van der Waals surface area contributed by atoms with E-state index in [4.69, 9.17) is 9.47 Å². The molecule has 4 heteroatoms. The monoisotopic (exact) mass is 257 g/mol. The maximum atomic E-state index is 12.3. The van der Waals surface area contributed by atoms with Crippen molar-refractivity contribution in [3.63, 3.8) is 0 Å². The molecule has 4 nitrogen and oxygen atoms in total. The first-order valence-electron chi connectivity index (χ1n) is 6.98. The van der Waals surface area contributed by atoms with Crippen LogP contribution >= 0.6 is 0 Å². The summed E-state index contributed by atoms with van der Waals surface area (Å²) in [5.41, 5.74) is -0.513. The summed E-state index contributed by atoms with van der Waals surface area (Å²) in [5.74, 6) is 0.893.